The van der Waals surface area contributed by atoms with Crippen LogP contribution in [0.1, 0.15) is 49.3 Å². The smallest absolute Gasteiger partial charge is 0.0652 e. The third kappa shape index (κ3) is 2.92. The van der Waals surface area contributed by atoms with E-state index in [2.05, 4.69) is 45.5 Å². The van der Waals surface area contributed by atoms with Crippen molar-refractivity contribution in [1.29, 1.82) is 5.41 Å². The summed E-state index contributed by atoms with van der Waals surface area (Å²) in [6, 6.07) is 6.27. The van der Waals surface area contributed by atoms with E-state index in [0.717, 1.165) is 18.4 Å². The second kappa shape index (κ2) is 6.21. The van der Waals surface area contributed by atoms with Gasteiger partial charge in [0.15, 0.2) is 0 Å². The molecule has 1 saturated carbocycles. The lowest BCUT2D eigenvalue weighted by Crippen LogP contribution is -2.11. The minimum absolute atomic E-state index is 0.652. The van der Waals surface area contributed by atoms with Crippen LogP contribution in [-0.4, -0.2) is 5.71 Å². The lowest BCUT2D eigenvalue weighted by molar-refractivity contribution is 0.900. The minimum atomic E-state index is 0.652. The van der Waals surface area contributed by atoms with E-state index >= 15 is 0 Å². The highest BCUT2D eigenvalue weighted by atomic mass is 14.5. The Morgan fingerprint density at radius 3 is 2.35 bits per heavy atom. The molecule has 0 amide bonds. The predicted molar refractivity (Wildman–Crippen MR) is 87.6 cm³/mol. The van der Waals surface area contributed by atoms with E-state index in [1.807, 2.05) is 6.08 Å². The fourth-order valence-electron chi connectivity index (χ4n) is 2.95. The molecule has 1 aromatic rings. The molecule has 0 aromatic heterocycles. The van der Waals surface area contributed by atoms with Crippen LogP contribution >= 0.6 is 0 Å². The number of allylic oxidation sites excluding steroid dienone is 3. The SMILES string of the molecule is C=C/C(=C(/CCC)C(=N)c1c(C)cccc1C)C1CC1. The van der Waals surface area contributed by atoms with Crippen molar-refractivity contribution in [2.45, 2.75) is 46.5 Å². The van der Waals surface area contributed by atoms with Gasteiger partial charge in [-0.3, -0.25) is 5.41 Å². The molecule has 0 unspecified atom stereocenters. The van der Waals surface area contributed by atoms with Gasteiger partial charge in [0.05, 0.1) is 5.71 Å². The molecule has 1 heteroatoms. The predicted octanol–water partition coefficient (Wildman–Crippen LogP) is 5.36. The Bertz CT molecular complexity index is 539. The van der Waals surface area contributed by atoms with E-state index < -0.39 is 0 Å². The molecular formula is C19H25N. The molecule has 106 valence electrons. The number of benzene rings is 1. The van der Waals surface area contributed by atoms with Gasteiger partial charge >= 0.3 is 0 Å². The largest absolute Gasteiger partial charge is 0.300 e. The fourth-order valence-corrected chi connectivity index (χ4v) is 2.95. The number of aryl methyl sites for hydroxylation is 2. The van der Waals surface area contributed by atoms with Gasteiger partial charge in [0, 0.05) is 5.56 Å². The van der Waals surface area contributed by atoms with Crippen molar-refractivity contribution in [3.63, 3.8) is 0 Å². The molecule has 1 aliphatic carbocycles. The molecule has 0 atom stereocenters. The highest BCUT2D eigenvalue weighted by Crippen LogP contribution is 2.40. The van der Waals surface area contributed by atoms with Gasteiger partial charge in [-0.05, 0) is 61.3 Å². The molecule has 0 spiro atoms. The van der Waals surface area contributed by atoms with Gasteiger partial charge in [0.1, 0.15) is 0 Å². The van der Waals surface area contributed by atoms with E-state index in [-0.39, 0.29) is 0 Å². The Kier molecular flexibility index (Phi) is 4.59. The van der Waals surface area contributed by atoms with Gasteiger partial charge in [-0.25, -0.2) is 0 Å². The van der Waals surface area contributed by atoms with Crippen molar-refractivity contribution in [1.82, 2.24) is 0 Å². The monoisotopic (exact) mass is 267 g/mol. The van der Waals surface area contributed by atoms with Crippen LogP contribution < -0.4 is 0 Å². The molecule has 2 rings (SSSR count). The first-order valence-electron chi connectivity index (χ1n) is 7.61. The van der Waals surface area contributed by atoms with E-state index in [1.54, 1.807) is 0 Å². The van der Waals surface area contributed by atoms with Gasteiger partial charge in [-0.1, -0.05) is 44.2 Å². The van der Waals surface area contributed by atoms with Gasteiger partial charge in [-0.15, -0.1) is 0 Å². The van der Waals surface area contributed by atoms with Gasteiger partial charge in [0.25, 0.3) is 0 Å². The topological polar surface area (TPSA) is 23.9 Å². The number of hydrogen-bond acceptors (Lipinski definition) is 1. The standard InChI is InChI=1S/C19H25N/c1-5-8-17(16(6-2)15-11-12-15)19(20)18-13(3)9-7-10-14(18)4/h6-7,9-10,15,20H,2,5,8,11-12H2,1,3-4H3/b17-16+,20-19?. The molecule has 1 N–H and O–H groups in total. The normalized spacial score (nSPS) is 15.8. The van der Waals surface area contributed by atoms with Crippen LogP contribution in [0, 0.1) is 25.2 Å². The number of rotatable bonds is 6. The summed E-state index contributed by atoms with van der Waals surface area (Å²) >= 11 is 0. The van der Waals surface area contributed by atoms with Crippen LogP contribution in [0.4, 0.5) is 0 Å². The first-order chi connectivity index (χ1) is 9.60. The molecule has 0 saturated heterocycles. The third-order valence-electron chi connectivity index (χ3n) is 4.12. The van der Waals surface area contributed by atoms with E-state index in [9.17, 15) is 0 Å². The second-order valence-electron chi connectivity index (χ2n) is 5.80. The highest BCUT2D eigenvalue weighted by molar-refractivity contribution is 6.13. The summed E-state index contributed by atoms with van der Waals surface area (Å²) < 4.78 is 0. The van der Waals surface area contributed by atoms with Crippen LogP contribution in [0.2, 0.25) is 0 Å². The van der Waals surface area contributed by atoms with Gasteiger partial charge in [0.2, 0.25) is 0 Å². The number of hydrogen-bond donors (Lipinski definition) is 1. The van der Waals surface area contributed by atoms with Crippen molar-refractivity contribution in [3.05, 3.63) is 58.7 Å². The third-order valence-corrected chi connectivity index (χ3v) is 4.12. The summed E-state index contributed by atoms with van der Waals surface area (Å²) in [7, 11) is 0. The Morgan fingerprint density at radius 2 is 1.90 bits per heavy atom. The average molecular weight is 267 g/mol. The Balaban J connectivity index is 2.49. The van der Waals surface area contributed by atoms with Crippen molar-refractivity contribution in [2.75, 3.05) is 0 Å². The van der Waals surface area contributed by atoms with Crippen LogP contribution in [0.3, 0.4) is 0 Å². The van der Waals surface area contributed by atoms with Gasteiger partial charge < -0.3 is 0 Å². The maximum Gasteiger partial charge on any atom is 0.0652 e. The molecule has 0 bridgehead atoms. The summed E-state index contributed by atoms with van der Waals surface area (Å²) in [6.45, 7) is 10.4. The molecule has 0 aliphatic heterocycles. The van der Waals surface area contributed by atoms with Crippen LogP contribution in [-0.2, 0) is 0 Å². The summed E-state index contributed by atoms with van der Waals surface area (Å²) in [5, 5.41) is 8.72. The molecule has 1 nitrogen and oxygen atoms in total. The minimum Gasteiger partial charge on any atom is -0.300 e. The van der Waals surface area contributed by atoms with E-state index in [0.29, 0.717) is 11.6 Å². The zero-order chi connectivity index (χ0) is 14.7. The first-order valence-corrected chi connectivity index (χ1v) is 7.61. The number of nitrogens with one attached hydrogen (secondary N) is 1. The quantitative estimate of drug-likeness (QED) is 0.529. The zero-order valence-corrected chi connectivity index (χ0v) is 12.9. The zero-order valence-electron chi connectivity index (χ0n) is 12.9. The summed E-state index contributed by atoms with van der Waals surface area (Å²) in [6.07, 6.45) is 6.56. The Morgan fingerprint density at radius 1 is 1.30 bits per heavy atom. The maximum atomic E-state index is 8.72. The van der Waals surface area contributed by atoms with E-state index in [1.165, 1.54) is 35.1 Å². The summed E-state index contributed by atoms with van der Waals surface area (Å²) in [5.41, 5.74) is 6.74. The molecule has 1 aliphatic rings. The molecule has 1 fully saturated rings. The molecule has 0 radical (unpaired) electrons. The lowest BCUT2D eigenvalue weighted by atomic mass is 9.88. The first kappa shape index (κ1) is 14.8. The highest BCUT2D eigenvalue weighted by Gasteiger charge is 2.28. The summed E-state index contributed by atoms with van der Waals surface area (Å²) in [5.74, 6) is 0.652. The van der Waals surface area contributed by atoms with E-state index in [4.69, 9.17) is 5.41 Å². The molecular weight excluding hydrogens is 242 g/mol. The van der Waals surface area contributed by atoms with Crippen LogP contribution in [0.15, 0.2) is 42.0 Å². The fraction of sp³-hybridized carbons (Fsp3) is 0.421. The summed E-state index contributed by atoms with van der Waals surface area (Å²) in [4.78, 5) is 0. The van der Waals surface area contributed by atoms with Crippen LogP contribution in [0.25, 0.3) is 0 Å². The lowest BCUT2D eigenvalue weighted by Gasteiger charge is -2.17. The average Bonchev–Trinajstić information content (AvgIpc) is 3.23. The van der Waals surface area contributed by atoms with Crippen molar-refractivity contribution < 1.29 is 0 Å². The Labute approximate surface area is 122 Å². The Hall–Kier alpha value is -1.63. The van der Waals surface area contributed by atoms with Crippen molar-refractivity contribution in [2.24, 2.45) is 5.92 Å². The van der Waals surface area contributed by atoms with Gasteiger partial charge in [-0.2, -0.15) is 0 Å². The van der Waals surface area contributed by atoms with Crippen LogP contribution in [0.5, 0.6) is 0 Å². The van der Waals surface area contributed by atoms with Crippen molar-refractivity contribution in [3.8, 4) is 0 Å². The molecule has 20 heavy (non-hydrogen) atoms. The van der Waals surface area contributed by atoms with Crippen molar-refractivity contribution >= 4 is 5.71 Å². The second-order valence-corrected chi connectivity index (χ2v) is 5.80. The molecule has 1 aromatic carbocycles. The molecule has 0 heterocycles. The maximum absolute atomic E-state index is 8.72.